The van der Waals surface area contributed by atoms with Crippen LogP contribution in [0.25, 0.3) is 22.5 Å². The van der Waals surface area contributed by atoms with Crippen molar-refractivity contribution in [2.45, 2.75) is 0 Å². The third kappa shape index (κ3) is 4.04. The summed E-state index contributed by atoms with van der Waals surface area (Å²) in [5.74, 6) is 0.599. The third-order valence-electron chi connectivity index (χ3n) is 4.45. The molecule has 6 heteroatoms. The van der Waals surface area contributed by atoms with Crippen molar-refractivity contribution in [2.24, 2.45) is 0 Å². The molecule has 5 nitrogen and oxygen atoms in total. The van der Waals surface area contributed by atoms with Crippen molar-refractivity contribution in [1.82, 2.24) is 0 Å². The maximum Gasteiger partial charge on any atom is 0.326 e. The molecule has 0 unspecified atom stereocenters. The summed E-state index contributed by atoms with van der Waals surface area (Å²) in [4.78, 5) is 12.5. The monoisotopic (exact) mass is 413 g/mol. The summed E-state index contributed by atoms with van der Waals surface area (Å²) in [7, 11) is 0. The number of anilines is 2. The average Bonchev–Trinajstić information content (AvgIpc) is 3.14. The Labute approximate surface area is 178 Å². The van der Waals surface area contributed by atoms with E-state index in [1.807, 2.05) is 60.7 Å². The van der Waals surface area contributed by atoms with E-state index in [1.165, 1.54) is 0 Å². The summed E-state index contributed by atoms with van der Waals surface area (Å²) in [5.41, 5.74) is 3.08. The lowest BCUT2D eigenvalue weighted by Crippen LogP contribution is -2.19. The van der Waals surface area contributed by atoms with Gasteiger partial charge < -0.3 is 9.73 Å². The Balaban J connectivity index is 1.73. The number of halogens is 1. The molecule has 0 spiro atoms. The van der Waals surface area contributed by atoms with Crippen LogP contribution in [0.5, 0.6) is 0 Å². The topological polar surface area (TPSA) is 78.1 Å². The van der Waals surface area contributed by atoms with E-state index in [4.69, 9.17) is 16.0 Å². The maximum atomic E-state index is 12.5. The van der Waals surface area contributed by atoms with Crippen LogP contribution in [0.15, 0.2) is 89.3 Å². The molecule has 3 aromatic carbocycles. The molecule has 30 heavy (non-hydrogen) atoms. The van der Waals surface area contributed by atoms with Crippen molar-refractivity contribution in [2.75, 3.05) is 10.6 Å². The number of nitriles is 1. The zero-order chi connectivity index (χ0) is 20.9. The first-order valence-corrected chi connectivity index (χ1v) is 9.55. The summed E-state index contributed by atoms with van der Waals surface area (Å²) < 4.78 is 5.99. The molecule has 0 aliphatic carbocycles. The van der Waals surface area contributed by atoms with Crippen LogP contribution in [0.4, 0.5) is 16.4 Å². The third-order valence-corrected chi connectivity index (χ3v) is 4.70. The van der Waals surface area contributed by atoms with Gasteiger partial charge in [-0.15, -0.1) is 0 Å². The minimum absolute atomic E-state index is 0.0849. The molecule has 1 heterocycles. The molecule has 0 saturated carbocycles. The van der Waals surface area contributed by atoms with Gasteiger partial charge >= 0.3 is 6.03 Å². The van der Waals surface area contributed by atoms with Gasteiger partial charge in [0.2, 0.25) is 5.88 Å². The number of amides is 2. The molecule has 4 rings (SSSR count). The van der Waals surface area contributed by atoms with E-state index in [0.29, 0.717) is 22.0 Å². The number of benzene rings is 3. The van der Waals surface area contributed by atoms with Gasteiger partial charge in [0.05, 0.1) is 0 Å². The highest BCUT2D eigenvalue weighted by atomic mass is 35.5. The minimum Gasteiger partial charge on any atom is -0.438 e. The van der Waals surface area contributed by atoms with Crippen LogP contribution in [0, 0.1) is 11.3 Å². The molecule has 0 aliphatic rings. The molecule has 0 bridgehead atoms. The van der Waals surface area contributed by atoms with Crippen LogP contribution in [0.2, 0.25) is 5.02 Å². The smallest absolute Gasteiger partial charge is 0.326 e. The van der Waals surface area contributed by atoms with E-state index >= 15 is 0 Å². The van der Waals surface area contributed by atoms with Crippen molar-refractivity contribution in [3.8, 4) is 28.5 Å². The standard InChI is InChI=1S/C24H16ClN3O2/c25-18-11-13-19(14-12-18)27-24(29)28-23-20(15-26)21(16-7-3-1-4-8-16)22(30-23)17-9-5-2-6-10-17/h1-14H,(H2,27,28,29). The second kappa shape index (κ2) is 8.56. The largest absolute Gasteiger partial charge is 0.438 e. The first-order chi connectivity index (χ1) is 14.7. The molecule has 0 saturated heterocycles. The van der Waals surface area contributed by atoms with Gasteiger partial charge in [0, 0.05) is 21.8 Å². The van der Waals surface area contributed by atoms with Gasteiger partial charge in [-0.3, -0.25) is 5.32 Å². The Kier molecular flexibility index (Phi) is 5.51. The Morgan fingerprint density at radius 3 is 2.03 bits per heavy atom. The first-order valence-electron chi connectivity index (χ1n) is 9.17. The zero-order valence-corrected chi connectivity index (χ0v) is 16.5. The van der Waals surface area contributed by atoms with Crippen molar-refractivity contribution in [3.63, 3.8) is 0 Å². The molecule has 1 aromatic heterocycles. The van der Waals surface area contributed by atoms with Gasteiger partial charge in [-0.1, -0.05) is 72.3 Å². The van der Waals surface area contributed by atoms with Crippen molar-refractivity contribution in [1.29, 1.82) is 5.26 Å². The Hall–Kier alpha value is -4.01. The highest BCUT2D eigenvalue weighted by Crippen LogP contribution is 2.41. The number of rotatable bonds is 4. The van der Waals surface area contributed by atoms with E-state index in [-0.39, 0.29) is 11.4 Å². The van der Waals surface area contributed by atoms with Crippen molar-refractivity contribution >= 4 is 29.2 Å². The number of carbonyl (C=O) groups is 1. The molecular weight excluding hydrogens is 398 g/mol. The average molecular weight is 414 g/mol. The van der Waals surface area contributed by atoms with Crippen molar-refractivity contribution < 1.29 is 9.21 Å². The number of nitrogens with one attached hydrogen (secondary N) is 2. The van der Waals surface area contributed by atoms with Crippen LogP contribution in [0.3, 0.4) is 0 Å². The summed E-state index contributed by atoms with van der Waals surface area (Å²) in [6.45, 7) is 0. The van der Waals surface area contributed by atoms with Gasteiger partial charge in [-0.05, 0) is 29.8 Å². The number of nitrogens with zero attached hydrogens (tertiary/aromatic N) is 1. The second-order valence-corrected chi connectivity index (χ2v) is 6.88. The van der Waals surface area contributed by atoms with Gasteiger partial charge in [-0.25, -0.2) is 4.79 Å². The number of urea groups is 1. The lowest BCUT2D eigenvalue weighted by molar-refractivity contribution is 0.261. The number of hydrogen-bond donors (Lipinski definition) is 2. The zero-order valence-electron chi connectivity index (χ0n) is 15.7. The van der Waals surface area contributed by atoms with Gasteiger partial charge in [0.15, 0.2) is 0 Å². The maximum absolute atomic E-state index is 12.5. The Morgan fingerprint density at radius 1 is 0.833 bits per heavy atom. The Morgan fingerprint density at radius 2 is 1.43 bits per heavy atom. The van der Waals surface area contributed by atoms with Crippen LogP contribution in [0.1, 0.15) is 5.56 Å². The van der Waals surface area contributed by atoms with Crippen LogP contribution in [-0.2, 0) is 0 Å². The molecule has 0 aliphatic heterocycles. The van der Waals surface area contributed by atoms with E-state index in [0.717, 1.165) is 11.1 Å². The molecule has 0 fully saturated rings. The second-order valence-electron chi connectivity index (χ2n) is 6.44. The number of furan rings is 1. The van der Waals surface area contributed by atoms with E-state index < -0.39 is 6.03 Å². The lowest BCUT2D eigenvalue weighted by atomic mass is 9.98. The molecule has 0 radical (unpaired) electrons. The number of carbonyl (C=O) groups excluding carboxylic acids is 1. The fourth-order valence-corrected chi connectivity index (χ4v) is 3.22. The Bertz CT molecular complexity index is 1210. The van der Waals surface area contributed by atoms with E-state index in [9.17, 15) is 10.1 Å². The fourth-order valence-electron chi connectivity index (χ4n) is 3.10. The fraction of sp³-hybridized carbons (Fsp3) is 0. The molecule has 2 amide bonds. The predicted molar refractivity (Wildman–Crippen MR) is 118 cm³/mol. The summed E-state index contributed by atoms with van der Waals surface area (Å²) in [5, 5.41) is 15.8. The molecule has 2 N–H and O–H groups in total. The molecule has 146 valence electrons. The quantitative estimate of drug-likeness (QED) is 0.387. The number of hydrogen-bond acceptors (Lipinski definition) is 3. The van der Waals surface area contributed by atoms with Crippen LogP contribution < -0.4 is 10.6 Å². The lowest BCUT2D eigenvalue weighted by Gasteiger charge is -2.06. The van der Waals surface area contributed by atoms with Crippen molar-refractivity contribution in [3.05, 3.63) is 95.5 Å². The predicted octanol–water partition coefficient (Wildman–Crippen LogP) is 6.78. The first kappa shape index (κ1) is 19.3. The van der Waals surface area contributed by atoms with Crippen LogP contribution in [-0.4, -0.2) is 6.03 Å². The SMILES string of the molecule is N#Cc1c(NC(=O)Nc2ccc(Cl)cc2)oc(-c2ccccc2)c1-c1ccccc1. The van der Waals surface area contributed by atoms with E-state index in [1.54, 1.807) is 24.3 Å². The normalized spacial score (nSPS) is 10.3. The summed E-state index contributed by atoms with van der Waals surface area (Å²) >= 11 is 5.87. The van der Waals surface area contributed by atoms with Gasteiger partial charge in [0.1, 0.15) is 17.4 Å². The van der Waals surface area contributed by atoms with Crippen LogP contribution >= 0.6 is 11.6 Å². The summed E-state index contributed by atoms with van der Waals surface area (Å²) in [6.07, 6.45) is 0. The highest BCUT2D eigenvalue weighted by molar-refractivity contribution is 6.30. The summed E-state index contributed by atoms with van der Waals surface area (Å²) in [6, 6.07) is 27.3. The highest BCUT2D eigenvalue weighted by Gasteiger charge is 2.24. The van der Waals surface area contributed by atoms with Gasteiger partial charge in [-0.2, -0.15) is 5.26 Å². The van der Waals surface area contributed by atoms with Gasteiger partial charge in [0.25, 0.3) is 0 Å². The molecule has 0 atom stereocenters. The minimum atomic E-state index is -0.526. The molecule has 4 aromatic rings. The molecular formula is C24H16ClN3O2. The van der Waals surface area contributed by atoms with E-state index in [2.05, 4.69) is 16.7 Å².